The van der Waals surface area contributed by atoms with Gasteiger partial charge in [0.25, 0.3) is 0 Å². The van der Waals surface area contributed by atoms with Crippen molar-refractivity contribution in [1.82, 2.24) is 0 Å². The van der Waals surface area contributed by atoms with Gasteiger partial charge in [0.2, 0.25) is 0 Å². The third-order valence-electron chi connectivity index (χ3n) is 3.23. The molecule has 0 unspecified atom stereocenters. The number of nitrogens with one attached hydrogen (secondary N) is 1. The van der Waals surface area contributed by atoms with Gasteiger partial charge in [-0.2, -0.15) is 0 Å². The second-order valence-electron chi connectivity index (χ2n) is 5.03. The summed E-state index contributed by atoms with van der Waals surface area (Å²) < 4.78 is 5.74. The molecule has 112 valence electrons. The van der Waals surface area contributed by atoms with Crippen LogP contribution in [0.3, 0.4) is 0 Å². The zero-order chi connectivity index (χ0) is 14.9. The highest BCUT2D eigenvalue weighted by atomic mass is 32.2. The number of hydrogen-bond acceptors (Lipinski definition) is 3. The fourth-order valence-electron chi connectivity index (χ4n) is 2.09. The lowest BCUT2D eigenvalue weighted by molar-refractivity contribution is 0.308. The molecule has 21 heavy (non-hydrogen) atoms. The van der Waals surface area contributed by atoms with Crippen molar-refractivity contribution in [3.63, 3.8) is 0 Å². The molecule has 2 rings (SSSR count). The summed E-state index contributed by atoms with van der Waals surface area (Å²) in [7, 11) is 0. The molecule has 2 nitrogen and oxygen atoms in total. The largest absolute Gasteiger partial charge is 0.494 e. The lowest BCUT2D eigenvalue weighted by atomic mass is 10.2. The Bertz CT molecular complexity index is 556. The fourth-order valence-corrected chi connectivity index (χ4v) is 2.55. The van der Waals surface area contributed by atoms with Crippen LogP contribution in [0, 0.1) is 6.92 Å². The maximum Gasteiger partial charge on any atom is 0.119 e. The predicted molar refractivity (Wildman–Crippen MR) is 92.6 cm³/mol. The summed E-state index contributed by atoms with van der Waals surface area (Å²) in [6.07, 6.45) is 4.26. The van der Waals surface area contributed by atoms with E-state index in [2.05, 4.69) is 54.9 Å². The average Bonchev–Trinajstić information content (AvgIpc) is 2.51. The van der Waals surface area contributed by atoms with Gasteiger partial charge in [-0.3, -0.25) is 0 Å². The van der Waals surface area contributed by atoms with Gasteiger partial charge < -0.3 is 10.1 Å². The summed E-state index contributed by atoms with van der Waals surface area (Å²) in [5, 5.41) is 3.46. The SMILES string of the molecule is CSc1cccc(NCCCCOc2cccc(C)c2)c1. The lowest BCUT2D eigenvalue weighted by Gasteiger charge is -2.09. The summed E-state index contributed by atoms with van der Waals surface area (Å²) in [5.74, 6) is 0.968. The van der Waals surface area contributed by atoms with E-state index in [1.807, 2.05) is 12.1 Å². The molecule has 0 atom stereocenters. The number of anilines is 1. The van der Waals surface area contributed by atoms with Crippen molar-refractivity contribution in [2.75, 3.05) is 24.7 Å². The van der Waals surface area contributed by atoms with Gasteiger partial charge in [0.05, 0.1) is 6.61 Å². The molecule has 0 amide bonds. The molecule has 1 N–H and O–H groups in total. The molecule has 2 aromatic carbocycles. The molecule has 0 spiro atoms. The molecule has 2 aromatic rings. The number of unbranched alkanes of at least 4 members (excludes halogenated alkanes) is 1. The highest BCUT2D eigenvalue weighted by Gasteiger charge is 1.96. The Labute approximate surface area is 131 Å². The minimum atomic E-state index is 0.774. The Morgan fingerprint density at radius 1 is 1.05 bits per heavy atom. The van der Waals surface area contributed by atoms with Gasteiger partial charge in [0.15, 0.2) is 0 Å². The van der Waals surface area contributed by atoms with Crippen molar-refractivity contribution in [2.24, 2.45) is 0 Å². The lowest BCUT2D eigenvalue weighted by Crippen LogP contribution is -2.04. The van der Waals surface area contributed by atoms with Crippen LogP contribution in [0.4, 0.5) is 5.69 Å². The van der Waals surface area contributed by atoms with Crippen LogP contribution in [-0.2, 0) is 0 Å². The summed E-state index contributed by atoms with van der Waals surface area (Å²) in [6.45, 7) is 3.84. The molecule has 0 fully saturated rings. The molecule has 0 aliphatic rings. The number of hydrogen-bond donors (Lipinski definition) is 1. The van der Waals surface area contributed by atoms with Crippen molar-refractivity contribution in [3.8, 4) is 5.75 Å². The molecule has 0 heterocycles. The highest BCUT2D eigenvalue weighted by molar-refractivity contribution is 7.98. The Balaban J connectivity index is 1.61. The number of aryl methyl sites for hydroxylation is 1. The van der Waals surface area contributed by atoms with Crippen molar-refractivity contribution in [3.05, 3.63) is 54.1 Å². The molecular weight excluding hydrogens is 278 g/mol. The summed E-state index contributed by atoms with van der Waals surface area (Å²) in [4.78, 5) is 1.29. The zero-order valence-corrected chi connectivity index (χ0v) is 13.6. The van der Waals surface area contributed by atoms with Gasteiger partial charge in [-0.15, -0.1) is 11.8 Å². The van der Waals surface area contributed by atoms with Crippen molar-refractivity contribution in [2.45, 2.75) is 24.7 Å². The van der Waals surface area contributed by atoms with E-state index >= 15 is 0 Å². The predicted octanol–water partition coefficient (Wildman–Crippen LogP) is 4.99. The van der Waals surface area contributed by atoms with Gasteiger partial charge in [0.1, 0.15) is 5.75 Å². The van der Waals surface area contributed by atoms with E-state index in [-0.39, 0.29) is 0 Å². The van der Waals surface area contributed by atoms with Crippen molar-refractivity contribution < 1.29 is 4.74 Å². The molecule has 0 bridgehead atoms. The monoisotopic (exact) mass is 301 g/mol. The maximum absolute atomic E-state index is 5.74. The van der Waals surface area contributed by atoms with Crippen LogP contribution in [0.5, 0.6) is 5.75 Å². The third-order valence-corrected chi connectivity index (χ3v) is 3.95. The summed E-state index contributed by atoms with van der Waals surface area (Å²) in [5.41, 5.74) is 2.43. The van der Waals surface area contributed by atoms with Gasteiger partial charge in [-0.05, 0) is 61.9 Å². The van der Waals surface area contributed by atoms with Crippen LogP contribution >= 0.6 is 11.8 Å². The first-order valence-corrected chi connectivity index (χ1v) is 8.58. The van der Waals surface area contributed by atoms with Crippen LogP contribution in [0.2, 0.25) is 0 Å². The first-order chi connectivity index (χ1) is 10.3. The molecule has 0 radical (unpaired) electrons. The molecule has 0 aromatic heterocycles. The maximum atomic E-state index is 5.74. The van der Waals surface area contributed by atoms with Gasteiger partial charge in [-0.25, -0.2) is 0 Å². The van der Waals surface area contributed by atoms with E-state index in [0.717, 1.165) is 31.7 Å². The number of thioether (sulfide) groups is 1. The quantitative estimate of drug-likeness (QED) is 0.548. The van der Waals surface area contributed by atoms with Crippen LogP contribution in [0.1, 0.15) is 18.4 Å². The smallest absolute Gasteiger partial charge is 0.119 e. The first kappa shape index (κ1) is 15.8. The van der Waals surface area contributed by atoms with E-state index in [0.29, 0.717) is 0 Å². The first-order valence-electron chi connectivity index (χ1n) is 7.35. The van der Waals surface area contributed by atoms with E-state index in [9.17, 15) is 0 Å². The summed E-state index contributed by atoms with van der Waals surface area (Å²) in [6, 6.07) is 16.7. The Hall–Kier alpha value is -1.61. The molecular formula is C18H23NOS. The minimum Gasteiger partial charge on any atom is -0.494 e. The third kappa shape index (κ3) is 5.72. The van der Waals surface area contributed by atoms with Crippen LogP contribution in [0.15, 0.2) is 53.4 Å². The fraction of sp³-hybridized carbons (Fsp3) is 0.333. The van der Waals surface area contributed by atoms with Crippen LogP contribution in [0.25, 0.3) is 0 Å². The van der Waals surface area contributed by atoms with Crippen LogP contribution in [-0.4, -0.2) is 19.4 Å². The zero-order valence-electron chi connectivity index (χ0n) is 12.8. The minimum absolute atomic E-state index is 0.774. The van der Waals surface area contributed by atoms with E-state index in [1.54, 1.807) is 11.8 Å². The van der Waals surface area contributed by atoms with E-state index in [4.69, 9.17) is 4.74 Å². The van der Waals surface area contributed by atoms with Gasteiger partial charge in [0, 0.05) is 17.1 Å². The molecule has 0 aliphatic heterocycles. The Kier molecular flexibility index (Phi) is 6.48. The molecule has 3 heteroatoms. The van der Waals surface area contributed by atoms with Crippen LogP contribution < -0.4 is 10.1 Å². The van der Waals surface area contributed by atoms with E-state index < -0.39 is 0 Å². The number of benzene rings is 2. The van der Waals surface area contributed by atoms with Crippen molar-refractivity contribution in [1.29, 1.82) is 0 Å². The average molecular weight is 301 g/mol. The second kappa shape index (κ2) is 8.63. The summed E-state index contributed by atoms with van der Waals surface area (Å²) >= 11 is 1.77. The topological polar surface area (TPSA) is 21.3 Å². The normalized spacial score (nSPS) is 10.4. The van der Waals surface area contributed by atoms with Gasteiger partial charge in [-0.1, -0.05) is 18.2 Å². The number of ether oxygens (including phenoxy) is 1. The standard InChI is InChI=1S/C18H23NOS/c1-15-7-5-9-17(13-15)20-12-4-3-11-19-16-8-6-10-18(14-16)21-2/h5-10,13-14,19H,3-4,11-12H2,1-2H3. The Morgan fingerprint density at radius 2 is 1.90 bits per heavy atom. The molecule has 0 aliphatic carbocycles. The Morgan fingerprint density at radius 3 is 2.71 bits per heavy atom. The second-order valence-corrected chi connectivity index (χ2v) is 5.91. The molecule has 0 saturated carbocycles. The van der Waals surface area contributed by atoms with E-state index in [1.165, 1.54) is 16.1 Å². The molecule has 0 saturated heterocycles. The van der Waals surface area contributed by atoms with Gasteiger partial charge >= 0.3 is 0 Å². The highest BCUT2D eigenvalue weighted by Crippen LogP contribution is 2.19. The number of rotatable bonds is 8. The van der Waals surface area contributed by atoms with Crippen molar-refractivity contribution >= 4 is 17.4 Å².